The number of hydrogen-bond donors (Lipinski definition) is 1. The zero-order valence-corrected chi connectivity index (χ0v) is 19.7. The summed E-state index contributed by atoms with van der Waals surface area (Å²) in [5.41, 5.74) is 1.21. The highest BCUT2D eigenvalue weighted by molar-refractivity contribution is 5.86. The molecular formula is C23H37NO8. The first-order chi connectivity index (χ1) is 15.0. The molecule has 0 aromatic rings. The molecule has 0 aromatic carbocycles. The molecular weight excluding hydrogens is 418 g/mol. The molecule has 0 aliphatic heterocycles. The summed E-state index contributed by atoms with van der Waals surface area (Å²) in [6.07, 6.45) is -0.286. The topological polar surface area (TPSA) is 102 Å². The largest absolute Gasteiger partial charge is 0.473 e. The van der Waals surface area contributed by atoms with Crippen LogP contribution < -0.4 is 5.32 Å². The van der Waals surface area contributed by atoms with Crippen LogP contribution in [-0.4, -0.2) is 57.6 Å². The zero-order chi connectivity index (χ0) is 24.5. The molecule has 0 radical (unpaired) electrons. The van der Waals surface area contributed by atoms with Crippen molar-refractivity contribution in [3.8, 4) is 0 Å². The van der Waals surface area contributed by atoms with Crippen LogP contribution >= 0.6 is 0 Å². The fraction of sp³-hybridized carbons (Fsp3) is 0.565. The van der Waals surface area contributed by atoms with Crippen LogP contribution in [0.15, 0.2) is 49.0 Å². The van der Waals surface area contributed by atoms with Gasteiger partial charge in [0, 0.05) is 5.57 Å². The van der Waals surface area contributed by atoms with Gasteiger partial charge in [-0.3, -0.25) is 0 Å². The van der Waals surface area contributed by atoms with Crippen LogP contribution in [0.25, 0.3) is 0 Å². The summed E-state index contributed by atoms with van der Waals surface area (Å²) in [6, 6.07) is -0.469. The molecule has 182 valence electrons. The van der Waals surface area contributed by atoms with E-state index in [1.165, 1.54) is 0 Å². The normalized spacial score (nSPS) is 11.3. The summed E-state index contributed by atoms with van der Waals surface area (Å²) in [7, 11) is 0. The van der Waals surface area contributed by atoms with Crippen molar-refractivity contribution in [2.24, 2.45) is 0 Å². The van der Waals surface area contributed by atoms with E-state index in [0.717, 1.165) is 5.57 Å². The van der Waals surface area contributed by atoms with Crippen molar-refractivity contribution < 1.29 is 38.0 Å². The lowest BCUT2D eigenvalue weighted by Crippen LogP contribution is -2.42. The van der Waals surface area contributed by atoms with E-state index in [0.29, 0.717) is 24.4 Å². The summed E-state index contributed by atoms with van der Waals surface area (Å²) in [5, 5.41) is 2.70. The van der Waals surface area contributed by atoms with Gasteiger partial charge in [0.1, 0.15) is 6.61 Å². The fourth-order valence-corrected chi connectivity index (χ4v) is 2.03. The zero-order valence-electron chi connectivity index (χ0n) is 19.7. The van der Waals surface area contributed by atoms with Gasteiger partial charge in [-0.1, -0.05) is 25.3 Å². The number of allylic oxidation sites excluding steroid dienone is 3. The maximum Gasteiger partial charge on any atom is 0.407 e. The van der Waals surface area contributed by atoms with Crippen LogP contribution in [0.1, 0.15) is 40.5 Å². The number of nitrogens with one attached hydrogen (secondary N) is 1. The number of carbonyl (C=O) groups excluding carboxylic acids is 2. The van der Waals surface area contributed by atoms with Crippen molar-refractivity contribution in [3.63, 3.8) is 0 Å². The predicted molar refractivity (Wildman–Crippen MR) is 120 cm³/mol. The lowest BCUT2D eigenvalue weighted by Gasteiger charge is -2.22. The molecule has 1 unspecified atom stereocenters. The number of alkyl carbamates (subject to hydrolysis) is 1. The molecule has 0 heterocycles. The van der Waals surface area contributed by atoms with Gasteiger partial charge in [0.05, 0.1) is 30.8 Å². The number of hydrogen-bond acceptors (Lipinski definition) is 8. The quantitative estimate of drug-likeness (QED) is 0.0827. The molecule has 0 spiro atoms. The highest BCUT2D eigenvalue weighted by atomic mass is 16.7. The Bertz CT molecular complexity index is 636. The van der Waals surface area contributed by atoms with Gasteiger partial charge >= 0.3 is 12.1 Å². The molecule has 9 heteroatoms. The molecule has 32 heavy (non-hydrogen) atoms. The first-order valence-electron chi connectivity index (χ1n) is 10.2. The van der Waals surface area contributed by atoms with Crippen molar-refractivity contribution in [1.29, 1.82) is 0 Å². The summed E-state index contributed by atoms with van der Waals surface area (Å²) in [6.45, 7) is 21.3. The van der Waals surface area contributed by atoms with Crippen LogP contribution in [0.3, 0.4) is 0 Å². The van der Waals surface area contributed by atoms with E-state index < -0.39 is 24.2 Å². The lowest BCUT2D eigenvalue weighted by atomic mass is 10.1. The minimum Gasteiger partial charge on any atom is -0.473 e. The fourth-order valence-electron chi connectivity index (χ4n) is 2.03. The molecule has 1 N–H and O–H groups in total. The average molecular weight is 456 g/mol. The van der Waals surface area contributed by atoms with Crippen LogP contribution in [0.5, 0.6) is 0 Å². The monoisotopic (exact) mass is 455 g/mol. The first-order valence-corrected chi connectivity index (χ1v) is 10.2. The van der Waals surface area contributed by atoms with Crippen LogP contribution in [-0.2, 0) is 33.2 Å². The van der Waals surface area contributed by atoms with Gasteiger partial charge in [-0.05, 0) is 40.5 Å². The van der Waals surface area contributed by atoms with E-state index in [2.05, 4.69) is 31.6 Å². The highest BCUT2D eigenvalue weighted by Gasteiger charge is 2.20. The second kappa shape index (κ2) is 16.9. The predicted octanol–water partition coefficient (Wildman–Crippen LogP) is 3.97. The Kier molecular flexibility index (Phi) is 15.4. The molecule has 0 rings (SSSR count). The Balaban J connectivity index is 4.83. The maximum atomic E-state index is 12.5. The van der Waals surface area contributed by atoms with E-state index in [1.54, 1.807) is 20.8 Å². The van der Waals surface area contributed by atoms with Crippen molar-refractivity contribution in [1.82, 2.24) is 5.32 Å². The van der Waals surface area contributed by atoms with Gasteiger partial charge in [0.25, 0.3) is 0 Å². The molecule has 0 saturated heterocycles. The van der Waals surface area contributed by atoms with Gasteiger partial charge in [0.15, 0.2) is 19.7 Å². The van der Waals surface area contributed by atoms with E-state index >= 15 is 0 Å². The van der Waals surface area contributed by atoms with E-state index in [1.807, 2.05) is 6.92 Å². The number of rotatable bonds is 18. The summed E-state index contributed by atoms with van der Waals surface area (Å²) in [4.78, 5) is 24.1. The molecule has 0 aliphatic carbocycles. The molecule has 0 fully saturated rings. The molecule has 0 bridgehead atoms. The Hall–Kier alpha value is -2.78. The SMILES string of the molecule is C=C(C)CCC(COC(=O)C(=C)C)NC(=O)OC(COCOC(=C)C)COCOC(=C)C. The third kappa shape index (κ3) is 17.0. The summed E-state index contributed by atoms with van der Waals surface area (Å²) >= 11 is 0. The minimum absolute atomic E-state index is 0.0227. The highest BCUT2D eigenvalue weighted by Crippen LogP contribution is 2.08. The van der Waals surface area contributed by atoms with Gasteiger partial charge in [-0.15, -0.1) is 6.58 Å². The van der Waals surface area contributed by atoms with E-state index in [-0.39, 0.29) is 39.0 Å². The van der Waals surface area contributed by atoms with Crippen LogP contribution in [0.2, 0.25) is 0 Å². The molecule has 0 aliphatic rings. The van der Waals surface area contributed by atoms with Gasteiger partial charge in [-0.2, -0.15) is 0 Å². The number of ether oxygens (including phenoxy) is 6. The van der Waals surface area contributed by atoms with Gasteiger partial charge in [-0.25, -0.2) is 9.59 Å². The Labute approximate surface area is 191 Å². The van der Waals surface area contributed by atoms with Crippen molar-refractivity contribution >= 4 is 12.1 Å². The number of amides is 1. The Morgan fingerprint density at radius 1 is 0.812 bits per heavy atom. The molecule has 0 aromatic heterocycles. The molecule has 0 saturated carbocycles. The van der Waals surface area contributed by atoms with E-state index in [9.17, 15) is 9.59 Å². The second-order valence-corrected chi connectivity index (χ2v) is 7.41. The Morgan fingerprint density at radius 3 is 1.78 bits per heavy atom. The summed E-state index contributed by atoms with van der Waals surface area (Å²) in [5.74, 6) is 0.460. The third-order valence-corrected chi connectivity index (χ3v) is 3.66. The van der Waals surface area contributed by atoms with Gasteiger partial charge < -0.3 is 33.7 Å². The second-order valence-electron chi connectivity index (χ2n) is 7.41. The van der Waals surface area contributed by atoms with Gasteiger partial charge in [0.2, 0.25) is 0 Å². The van der Waals surface area contributed by atoms with Crippen molar-refractivity contribution in [3.05, 3.63) is 49.0 Å². The average Bonchev–Trinajstić information content (AvgIpc) is 2.69. The van der Waals surface area contributed by atoms with Crippen molar-refractivity contribution in [2.75, 3.05) is 33.4 Å². The Morgan fingerprint density at radius 2 is 1.34 bits per heavy atom. The van der Waals surface area contributed by atoms with Crippen molar-refractivity contribution in [2.45, 2.75) is 52.7 Å². The molecule has 9 nitrogen and oxygen atoms in total. The maximum absolute atomic E-state index is 12.5. The molecule has 1 atom stereocenters. The summed E-state index contributed by atoms with van der Waals surface area (Å²) < 4.78 is 31.6. The smallest absolute Gasteiger partial charge is 0.407 e. The third-order valence-electron chi connectivity index (χ3n) is 3.66. The van der Waals surface area contributed by atoms with Crippen LogP contribution in [0.4, 0.5) is 4.79 Å². The number of esters is 1. The number of carbonyl (C=O) groups is 2. The lowest BCUT2D eigenvalue weighted by molar-refractivity contribution is -0.139. The minimum atomic E-state index is -0.739. The first kappa shape index (κ1) is 29.2. The molecule has 1 amide bonds. The van der Waals surface area contributed by atoms with E-state index in [4.69, 9.17) is 28.4 Å². The van der Waals surface area contributed by atoms with Crippen LogP contribution in [0, 0.1) is 0 Å². The standard InChI is InChI=1S/C23H37NO8/c1-16(2)9-10-20(11-29-22(25)17(3)4)24-23(26)32-21(12-27-14-30-18(5)6)13-28-15-31-19(7)8/h20-21H,1,3,5,7,9-15H2,2,4,6,8H3,(H,24,26).